The molecule has 0 saturated carbocycles. The van der Waals surface area contributed by atoms with Crippen molar-refractivity contribution >= 4 is 46.7 Å². The Morgan fingerprint density at radius 3 is 2.74 bits per heavy atom. The topological polar surface area (TPSA) is 128 Å². The van der Waals surface area contributed by atoms with Crippen LogP contribution >= 0.6 is 23.1 Å². The van der Waals surface area contributed by atoms with E-state index >= 15 is 0 Å². The van der Waals surface area contributed by atoms with Gasteiger partial charge in [0, 0.05) is 24.1 Å². The average molecular weight is 459 g/mol. The van der Waals surface area contributed by atoms with Crippen molar-refractivity contribution in [1.82, 2.24) is 14.4 Å². The Balaban J connectivity index is 1.92. The molecule has 1 amide bonds. The lowest BCUT2D eigenvalue weighted by atomic mass is 10.1. The molecule has 0 aliphatic rings. The molecule has 0 unspecified atom stereocenters. The number of carboxylic acid groups (broad SMARTS) is 1. The maximum Gasteiger partial charge on any atom is 0.328 e. The van der Waals surface area contributed by atoms with Crippen molar-refractivity contribution in [2.24, 2.45) is 5.73 Å². The van der Waals surface area contributed by atoms with Crippen molar-refractivity contribution in [3.05, 3.63) is 62.0 Å². The third-order valence-corrected chi connectivity index (χ3v) is 6.37. The number of pyridine rings is 1. The smallest absolute Gasteiger partial charge is 0.328 e. The Morgan fingerprint density at radius 1 is 1.32 bits per heavy atom. The van der Waals surface area contributed by atoms with Crippen LogP contribution < -0.4 is 11.3 Å². The summed E-state index contributed by atoms with van der Waals surface area (Å²) in [5.74, 6) is -1.42. The van der Waals surface area contributed by atoms with E-state index in [-0.39, 0.29) is 16.3 Å². The summed E-state index contributed by atoms with van der Waals surface area (Å²) in [7, 11) is 0. The van der Waals surface area contributed by atoms with Gasteiger partial charge in [0.15, 0.2) is 0 Å². The highest BCUT2D eigenvalue weighted by Gasteiger charge is 2.14. The molecule has 8 nitrogen and oxygen atoms in total. The minimum absolute atomic E-state index is 0.0710. The van der Waals surface area contributed by atoms with E-state index in [0.29, 0.717) is 11.6 Å². The Labute approximate surface area is 186 Å². The van der Waals surface area contributed by atoms with Crippen molar-refractivity contribution in [3.63, 3.8) is 0 Å². The summed E-state index contributed by atoms with van der Waals surface area (Å²) in [6.45, 7) is 4.22. The predicted octanol–water partition coefficient (Wildman–Crippen LogP) is 2.73. The van der Waals surface area contributed by atoms with E-state index in [2.05, 4.69) is 29.2 Å². The number of carbonyl (C=O) groups is 2. The standard InChI is InChI=1S/C21H22N4O4S2/c1-12(2)15-10-30-18(23-15)5-3-13-7-8-25-17(9-13)24-20(31-11-16(22)26)14(21(25)29)4-6-19(27)28/h4,6-10,12H,3,5,11H2,1-2H3,(H2,22,26)(H,27,28)/b6-4+. The first-order valence-corrected chi connectivity index (χ1v) is 11.4. The van der Waals surface area contributed by atoms with Crippen LogP contribution in [-0.4, -0.2) is 37.1 Å². The monoisotopic (exact) mass is 458 g/mol. The molecule has 0 spiro atoms. The van der Waals surface area contributed by atoms with Gasteiger partial charge < -0.3 is 10.8 Å². The number of aryl methyl sites for hydroxylation is 2. The number of primary amides is 1. The molecule has 0 radical (unpaired) electrons. The molecule has 0 atom stereocenters. The van der Waals surface area contributed by atoms with Gasteiger partial charge in [0.05, 0.1) is 22.0 Å². The average Bonchev–Trinajstić information content (AvgIpc) is 3.19. The van der Waals surface area contributed by atoms with Crippen molar-refractivity contribution in [1.29, 1.82) is 0 Å². The lowest BCUT2D eigenvalue weighted by Crippen LogP contribution is -2.20. The number of aromatic nitrogens is 3. The van der Waals surface area contributed by atoms with Crippen LogP contribution in [0, 0.1) is 0 Å². The molecule has 0 bridgehead atoms. The zero-order chi connectivity index (χ0) is 22.5. The van der Waals surface area contributed by atoms with Crippen molar-refractivity contribution in [2.45, 2.75) is 37.6 Å². The van der Waals surface area contributed by atoms with Gasteiger partial charge in [-0.05, 0) is 36.1 Å². The number of hydrogen-bond donors (Lipinski definition) is 2. The minimum atomic E-state index is -1.19. The number of thiazole rings is 1. The maximum absolute atomic E-state index is 12.9. The molecule has 3 aromatic heterocycles. The summed E-state index contributed by atoms with van der Waals surface area (Å²) in [6.07, 6.45) is 5.20. The molecule has 0 aromatic carbocycles. The Hall–Kier alpha value is -2.98. The molecule has 0 aliphatic carbocycles. The number of rotatable bonds is 9. The number of carbonyl (C=O) groups excluding carboxylic acids is 1. The van der Waals surface area contributed by atoms with Gasteiger partial charge in [-0.15, -0.1) is 11.3 Å². The molecule has 10 heteroatoms. The van der Waals surface area contributed by atoms with Crippen LogP contribution in [0.2, 0.25) is 0 Å². The molecular weight excluding hydrogens is 436 g/mol. The number of aliphatic carboxylic acids is 1. The largest absolute Gasteiger partial charge is 0.478 e. The molecule has 31 heavy (non-hydrogen) atoms. The van der Waals surface area contributed by atoms with Gasteiger partial charge in [0.1, 0.15) is 10.7 Å². The van der Waals surface area contributed by atoms with Crippen molar-refractivity contribution in [3.8, 4) is 0 Å². The number of nitrogens with zero attached hydrogens (tertiary/aromatic N) is 3. The van der Waals surface area contributed by atoms with Gasteiger partial charge in [0.2, 0.25) is 5.91 Å². The molecule has 0 aliphatic heterocycles. The fourth-order valence-corrected chi connectivity index (χ4v) is 4.54. The summed E-state index contributed by atoms with van der Waals surface area (Å²) < 4.78 is 1.36. The summed E-state index contributed by atoms with van der Waals surface area (Å²) >= 11 is 2.65. The summed E-state index contributed by atoms with van der Waals surface area (Å²) in [5, 5.41) is 12.3. The lowest BCUT2D eigenvalue weighted by molar-refractivity contribution is -0.131. The fourth-order valence-electron chi connectivity index (χ4n) is 2.83. The molecular formula is C21H22N4O4S2. The third kappa shape index (κ3) is 5.80. The van der Waals surface area contributed by atoms with E-state index in [1.54, 1.807) is 17.5 Å². The highest BCUT2D eigenvalue weighted by atomic mass is 32.2. The zero-order valence-electron chi connectivity index (χ0n) is 17.1. The summed E-state index contributed by atoms with van der Waals surface area (Å²) in [6, 6.07) is 3.66. The maximum atomic E-state index is 12.9. The van der Waals surface area contributed by atoms with Crippen LogP contribution in [0.25, 0.3) is 11.7 Å². The highest BCUT2D eigenvalue weighted by Crippen LogP contribution is 2.22. The Bertz CT molecular complexity index is 1210. The van der Waals surface area contributed by atoms with Gasteiger partial charge >= 0.3 is 5.97 Å². The molecule has 3 aromatic rings. The second kappa shape index (κ2) is 9.88. The van der Waals surface area contributed by atoms with Gasteiger partial charge in [-0.2, -0.15) is 0 Å². The number of hydrogen-bond acceptors (Lipinski definition) is 7. The second-order valence-corrected chi connectivity index (χ2v) is 9.05. The highest BCUT2D eigenvalue weighted by molar-refractivity contribution is 8.00. The van der Waals surface area contributed by atoms with Crippen LogP contribution in [0.4, 0.5) is 0 Å². The van der Waals surface area contributed by atoms with E-state index in [0.717, 1.165) is 46.9 Å². The van der Waals surface area contributed by atoms with E-state index < -0.39 is 17.4 Å². The van der Waals surface area contributed by atoms with E-state index in [4.69, 9.17) is 10.8 Å². The van der Waals surface area contributed by atoms with Gasteiger partial charge in [-0.3, -0.25) is 14.0 Å². The van der Waals surface area contributed by atoms with E-state index in [1.807, 2.05) is 12.1 Å². The number of fused-ring (bicyclic) bond motifs is 1. The quantitative estimate of drug-likeness (QED) is 0.287. The number of carboxylic acids is 1. The van der Waals surface area contributed by atoms with Crippen molar-refractivity contribution < 1.29 is 14.7 Å². The van der Waals surface area contributed by atoms with Crippen LogP contribution in [0.15, 0.2) is 39.6 Å². The Morgan fingerprint density at radius 2 is 2.10 bits per heavy atom. The number of nitrogens with two attached hydrogens (primary N) is 1. The van der Waals surface area contributed by atoms with Gasteiger partial charge in [0.25, 0.3) is 5.56 Å². The predicted molar refractivity (Wildman–Crippen MR) is 122 cm³/mol. The molecule has 3 N–H and O–H groups in total. The number of thioether (sulfide) groups is 1. The lowest BCUT2D eigenvalue weighted by Gasteiger charge is -2.09. The molecule has 3 heterocycles. The molecule has 0 saturated heterocycles. The first-order valence-electron chi connectivity index (χ1n) is 9.56. The van der Waals surface area contributed by atoms with E-state index in [1.165, 1.54) is 10.5 Å². The first-order chi connectivity index (χ1) is 14.7. The van der Waals surface area contributed by atoms with Crippen LogP contribution in [0.5, 0.6) is 0 Å². The molecule has 3 rings (SSSR count). The third-order valence-electron chi connectivity index (χ3n) is 4.43. The second-order valence-electron chi connectivity index (χ2n) is 7.15. The molecule has 162 valence electrons. The van der Waals surface area contributed by atoms with Crippen LogP contribution in [0.3, 0.4) is 0 Å². The Kier molecular flexibility index (Phi) is 7.24. The molecule has 0 fully saturated rings. The van der Waals surface area contributed by atoms with Crippen molar-refractivity contribution in [2.75, 3.05) is 5.75 Å². The number of amides is 1. The zero-order valence-corrected chi connectivity index (χ0v) is 18.7. The summed E-state index contributed by atoms with van der Waals surface area (Å²) in [4.78, 5) is 44.1. The van der Waals surface area contributed by atoms with Crippen LogP contribution in [0.1, 0.15) is 41.6 Å². The van der Waals surface area contributed by atoms with Gasteiger partial charge in [-0.1, -0.05) is 25.6 Å². The minimum Gasteiger partial charge on any atom is -0.478 e. The van der Waals surface area contributed by atoms with E-state index in [9.17, 15) is 14.4 Å². The summed E-state index contributed by atoms with van der Waals surface area (Å²) in [5.41, 5.74) is 7.40. The van der Waals surface area contributed by atoms with Gasteiger partial charge in [-0.25, -0.2) is 14.8 Å². The first kappa shape index (κ1) is 22.7. The van der Waals surface area contributed by atoms with Crippen LogP contribution in [-0.2, 0) is 22.4 Å². The SMILES string of the molecule is CC(C)c1csc(CCc2ccn3c(=O)c(/C=C/C(=O)O)c(SCC(N)=O)nc3c2)n1. The normalized spacial score (nSPS) is 11.6. The fraction of sp³-hybridized carbons (Fsp3) is 0.286.